The Bertz CT molecular complexity index is 330. The molecule has 15 heavy (non-hydrogen) atoms. The number of nitrogens with one attached hydrogen (secondary N) is 1. The van der Waals surface area contributed by atoms with Gasteiger partial charge in [-0.05, 0) is 19.9 Å². The van der Waals surface area contributed by atoms with Crippen molar-refractivity contribution >= 4 is 0 Å². The van der Waals surface area contributed by atoms with E-state index < -0.39 is 11.6 Å². The van der Waals surface area contributed by atoms with Crippen LogP contribution in [0.1, 0.15) is 25.5 Å². The maximum absolute atomic E-state index is 13.3. The number of aliphatic hydroxyl groups excluding tert-OH is 1. The highest BCUT2D eigenvalue weighted by Gasteiger charge is 2.13. The molecule has 0 aromatic heterocycles. The molecule has 0 aliphatic heterocycles. The zero-order valence-electron chi connectivity index (χ0n) is 8.80. The molecule has 0 radical (unpaired) electrons. The van der Waals surface area contributed by atoms with Gasteiger partial charge in [-0.3, -0.25) is 0 Å². The lowest BCUT2D eigenvalue weighted by Crippen LogP contribution is -2.32. The normalized spacial score (nSPS) is 15.0. The van der Waals surface area contributed by atoms with Crippen molar-refractivity contribution in [2.24, 2.45) is 0 Å². The molecule has 1 aromatic rings. The van der Waals surface area contributed by atoms with Crippen LogP contribution in [0, 0.1) is 11.6 Å². The molecule has 4 heteroatoms. The van der Waals surface area contributed by atoms with E-state index in [0.717, 1.165) is 6.07 Å². The van der Waals surface area contributed by atoms with Crippen molar-refractivity contribution in [1.29, 1.82) is 0 Å². The molecule has 1 aromatic carbocycles. The topological polar surface area (TPSA) is 32.3 Å². The van der Waals surface area contributed by atoms with E-state index in [1.807, 2.05) is 0 Å². The summed E-state index contributed by atoms with van der Waals surface area (Å²) in [5.74, 6) is -1.15. The first-order valence-corrected chi connectivity index (χ1v) is 4.86. The molecule has 0 unspecified atom stereocenters. The second-order valence-corrected chi connectivity index (χ2v) is 3.64. The average molecular weight is 215 g/mol. The zero-order chi connectivity index (χ0) is 11.4. The Hall–Kier alpha value is -1.00. The lowest BCUT2D eigenvalue weighted by atomic mass is 10.1. The molecular formula is C11H15F2NO. The van der Waals surface area contributed by atoms with Crippen LogP contribution in [0.5, 0.6) is 0 Å². The zero-order valence-corrected chi connectivity index (χ0v) is 8.80. The summed E-state index contributed by atoms with van der Waals surface area (Å²) in [4.78, 5) is 0. The van der Waals surface area contributed by atoms with E-state index in [4.69, 9.17) is 5.11 Å². The minimum atomic E-state index is -0.585. The lowest BCUT2D eigenvalue weighted by Gasteiger charge is -2.19. The minimum Gasteiger partial charge on any atom is -0.395 e. The highest BCUT2D eigenvalue weighted by Crippen LogP contribution is 2.17. The summed E-state index contributed by atoms with van der Waals surface area (Å²) >= 11 is 0. The van der Waals surface area contributed by atoms with Crippen LogP contribution in [0.25, 0.3) is 0 Å². The molecule has 84 valence electrons. The molecule has 2 N–H and O–H groups in total. The minimum absolute atomic E-state index is 0.0207. The highest BCUT2D eigenvalue weighted by atomic mass is 19.1. The van der Waals surface area contributed by atoms with Gasteiger partial charge in [0, 0.05) is 23.7 Å². The maximum atomic E-state index is 13.3. The van der Waals surface area contributed by atoms with Gasteiger partial charge in [0.15, 0.2) is 0 Å². The molecule has 0 spiro atoms. The van der Waals surface area contributed by atoms with Gasteiger partial charge in [0.1, 0.15) is 11.6 Å². The fraction of sp³-hybridized carbons (Fsp3) is 0.455. The van der Waals surface area contributed by atoms with Crippen molar-refractivity contribution in [3.8, 4) is 0 Å². The van der Waals surface area contributed by atoms with Gasteiger partial charge in [0.25, 0.3) is 0 Å². The van der Waals surface area contributed by atoms with Gasteiger partial charge in [0.05, 0.1) is 6.61 Å². The van der Waals surface area contributed by atoms with Crippen molar-refractivity contribution in [2.45, 2.75) is 25.9 Å². The van der Waals surface area contributed by atoms with Crippen LogP contribution in [0.15, 0.2) is 18.2 Å². The summed E-state index contributed by atoms with van der Waals surface area (Å²) in [6.45, 7) is 3.54. The molecule has 0 amide bonds. The predicted molar refractivity (Wildman–Crippen MR) is 54.5 cm³/mol. The van der Waals surface area contributed by atoms with E-state index in [9.17, 15) is 8.78 Å². The fourth-order valence-electron chi connectivity index (χ4n) is 1.42. The number of aliphatic hydroxyl groups is 1. The van der Waals surface area contributed by atoms with Gasteiger partial charge in [-0.2, -0.15) is 0 Å². The van der Waals surface area contributed by atoms with Crippen LogP contribution >= 0.6 is 0 Å². The maximum Gasteiger partial charge on any atom is 0.130 e. The third-order valence-corrected chi connectivity index (χ3v) is 2.24. The predicted octanol–water partition coefficient (Wildman–Crippen LogP) is 2.00. The number of benzene rings is 1. The molecule has 0 aliphatic rings. The smallest absolute Gasteiger partial charge is 0.130 e. The Morgan fingerprint density at radius 1 is 1.33 bits per heavy atom. The van der Waals surface area contributed by atoms with E-state index in [1.165, 1.54) is 12.1 Å². The molecular weight excluding hydrogens is 200 g/mol. The molecule has 1 rings (SSSR count). The van der Waals surface area contributed by atoms with Crippen LogP contribution in [0.2, 0.25) is 0 Å². The van der Waals surface area contributed by atoms with Gasteiger partial charge < -0.3 is 10.4 Å². The molecule has 0 aliphatic carbocycles. The summed E-state index contributed by atoms with van der Waals surface area (Å²) in [6, 6.07) is 3.11. The summed E-state index contributed by atoms with van der Waals surface area (Å²) in [5.41, 5.74) is 0.400. The molecule has 0 bridgehead atoms. The van der Waals surface area contributed by atoms with Crippen LogP contribution < -0.4 is 5.32 Å². The Labute approximate surface area is 87.9 Å². The standard InChI is InChI=1S/C11H15F2NO/c1-7(6-15)14-8(2)10-4-3-9(12)5-11(10)13/h3-5,7-8,14-15H,6H2,1-2H3/t7-,8-/m1/s1. The van der Waals surface area contributed by atoms with Gasteiger partial charge in [-0.25, -0.2) is 8.78 Å². The van der Waals surface area contributed by atoms with E-state index in [1.54, 1.807) is 13.8 Å². The molecule has 2 atom stereocenters. The van der Waals surface area contributed by atoms with Gasteiger partial charge in [0.2, 0.25) is 0 Å². The van der Waals surface area contributed by atoms with Crippen molar-refractivity contribution in [3.63, 3.8) is 0 Å². The number of rotatable bonds is 4. The number of hydrogen-bond donors (Lipinski definition) is 2. The van der Waals surface area contributed by atoms with Crippen LogP contribution in [-0.2, 0) is 0 Å². The van der Waals surface area contributed by atoms with Crippen LogP contribution in [-0.4, -0.2) is 17.8 Å². The second kappa shape index (κ2) is 5.19. The van der Waals surface area contributed by atoms with Gasteiger partial charge in [-0.1, -0.05) is 6.07 Å². The fourth-order valence-corrected chi connectivity index (χ4v) is 1.42. The lowest BCUT2D eigenvalue weighted by molar-refractivity contribution is 0.242. The first kappa shape index (κ1) is 12.1. The van der Waals surface area contributed by atoms with Crippen LogP contribution in [0.3, 0.4) is 0 Å². The summed E-state index contributed by atoms with van der Waals surface area (Å²) in [5, 5.41) is 11.8. The third kappa shape index (κ3) is 3.25. The molecule has 2 nitrogen and oxygen atoms in total. The monoisotopic (exact) mass is 215 g/mol. The Kier molecular flexibility index (Phi) is 4.17. The van der Waals surface area contributed by atoms with Crippen molar-refractivity contribution < 1.29 is 13.9 Å². The van der Waals surface area contributed by atoms with Crippen molar-refractivity contribution in [2.75, 3.05) is 6.61 Å². The van der Waals surface area contributed by atoms with Gasteiger partial charge in [-0.15, -0.1) is 0 Å². The average Bonchev–Trinajstić information content (AvgIpc) is 2.17. The van der Waals surface area contributed by atoms with E-state index in [0.29, 0.717) is 5.56 Å². The van der Waals surface area contributed by atoms with E-state index in [-0.39, 0.29) is 18.7 Å². The summed E-state index contributed by atoms with van der Waals surface area (Å²) in [6.07, 6.45) is 0. The largest absolute Gasteiger partial charge is 0.395 e. The molecule has 0 fully saturated rings. The molecule has 0 heterocycles. The Morgan fingerprint density at radius 2 is 2.00 bits per heavy atom. The summed E-state index contributed by atoms with van der Waals surface area (Å²) in [7, 11) is 0. The van der Waals surface area contributed by atoms with Gasteiger partial charge >= 0.3 is 0 Å². The Morgan fingerprint density at radius 3 is 2.53 bits per heavy atom. The number of hydrogen-bond acceptors (Lipinski definition) is 2. The SMILES string of the molecule is C[C@H](CO)N[C@H](C)c1ccc(F)cc1F. The molecule has 0 saturated heterocycles. The third-order valence-electron chi connectivity index (χ3n) is 2.24. The van der Waals surface area contributed by atoms with E-state index in [2.05, 4.69) is 5.32 Å². The van der Waals surface area contributed by atoms with E-state index >= 15 is 0 Å². The Balaban J connectivity index is 2.77. The van der Waals surface area contributed by atoms with Crippen molar-refractivity contribution in [1.82, 2.24) is 5.32 Å². The molecule has 0 saturated carbocycles. The summed E-state index contributed by atoms with van der Waals surface area (Å²) < 4.78 is 26.0. The van der Waals surface area contributed by atoms with Crippen molar-refractivity contribution in [3.05, 3.63) is 35.4 Å². The second-order valence-electron chi connectivity index (χ2n) is 3.64. The van der Waals surface area contributed by atoms with Crippen LogP contribution in [0.4, 0.5) is 8.78 Å². The number of halogens is 2. The first-order valence-electron chi connectivity index (χ1n) is 4.86. The highest BCUT2D eigenvalue weighted by molar-refractivity contribution is 5.21. The quantitative estimate of drug-likeness (QED) is 0.805. The first-order chi connectivity index (χ1) is 7.04.